The number of rotatable bonds is 3. The van der Waals surface area contributed by atoms with Gasteiger partial charge in [-0.2, -0.15) is 5.10 Å². The van der Waals surface area contributed by atoms with Gasteiger partial charge in [0.1, 0.15) is 0 Å². The minimum atomic E-state index is -0.0493. The largest absolute Gasteiger partial charge is 0.368 e. The van der Waals surface area contributed by atoms with Crippen LogP contribution in [0.3, 0.4) is 0 Å². The Morgan fingerprint density at radius 2 is 2.10 bits per heavy atom. The Labute approximate surface area is 135 Å². The summed E-state index contributed by atoms with van der Waals surface area (Å²) in [6.45, 7) is 4.44. The first-order valence-electron chi connectivity index (χ1n) is 6.86. The summed E-state index contributed by atoms with van der Waals surface area (Å²) in [6.07, 6.45) is 1.80. The summed E-state index contributed by atoms with van der Waals surface area (Å²) in [5.41, 5.74) is 0.876. The predicted molar refractivity (Wildman–Crippen MR) is 89.3 cm³/mol. The molecule has 5 nitrogen and oxygen atoms in total. The molecule has 0 aliphatic carbocycles. The van der Waals surface area contributed by atoms with Crippen LogP contribution in [-0.4, -0.2) is 47.9 Å². The number of thiophene rings is 1. The maximum atomic E-state index is 12.2. The maximum Gasteiger partial charge on any atom is 0.269 e. The third kappa shape index (κ3) is 3.36. The van der Waals surface area contributed by atoms with Crippen LogP contribution in [0.15, 0.2) is 33.0 Å². The van der Waals surface area contributed by atoms with Crippen LogP contribution < -0.4 is 10.5 Å². The SMILES string of the molecule is CN1CCN(c2cnn(Cc3sccc3Br)c(=O)c2)CC1. The van der Waals surface area contributed by atoms with Crippen LogP contribution in [0.1, 0.15) is 4.88 Å². The van der Waals surface area contributed by atoms with Gasteiger partial charge in [0, 0.05) is 41.6 Å². The lowest BCUT2D eigenvalue weighted by molar-refractivity contribution is 0.312. The average Bonchev–Trinajstić information content (AvgIpc) is 2.87. The van der Waals surface area contributed by atoms with Gasteiger partial charge in [0.05, 0.1) is 18.4 Å². The van der Waals surface area contributed by atoms with E-state index in [1.807, 2.05) is 11.4 Å². The molecular weight excluding hydrogens is 352 g/mol. The van der Waals surface area contributed by atoms with Crippen LogP contribution in [0, 0.1) is 0 Å². The lowest BCUT2D eigenvalue weighted by atomic mass is 10.3. The first-order valence-corrected chi connectivity index (χ1v) is 8.53. The lowest BCUT2D eigenvalue weighted by Crippen LogP contribution is -2.45. The quantitative estimate of drug-likeness (QED) is 0.829. The highest BCUT2D eigenvalue weighted by atomic mass is 79.9. The molecule has 0 spiro atoms. The minimum absolute atomic E-state index is 0.0493. The molecule has 0 unspecified atom stereocenters. The molecule has 3 heterocycles. The lowest BCUT2D eigenvalue weighted by Gasteiger charge is -2.33. The fourth-order valence-electron chi connectivity index (χ4n) is 2.35. The van der Waals surface area contributed by atoms with E-state index in [9.17, 15) is 4.79 Å². The molecule has 2 aromatic heterocycles. The van der Waals surface area contributed by atoms with E-state index in [0.717, 1.165) is 41.2 Å². The topological polar surface area (TPSA) is 41.4 Å². The summed E-state index contributed by atoms with van der Waals surface area (Å²) in [6, 6.07) is 3.68. The van der Waals surface area contributed by atoms with Gasteiger partial charge in [-0.25, -0.2) is 4.68 Å². The number of aromatic nitrogens is 2. The molecule has 1 saturated heterocycles. The van der Waals surface area contributed by atoms with Crippen LogP contribution >= 0.6 is 27.3 Å². The highest BCUT2D eigenvalue weighted by molar-refractivity contribution is 9.10. The number of anilines is 1. The Kier molecular flexibility index (Phi) is 4.42. The van der Waals surface area contributed by atoms with Gasteiger partial charge in [-0.15, -0.1) is 11.3 Å². The number of hydrogen-bond acceptors (Lipinski definition) is 5. The number of halogens is 1. The van der Waals surface area contributed by atoms with Gasteiger partial charge < -0.3 is 9.80 Å². The van der Waals surface area contributed by atoms with Crippen molar-refractivity contribution in [1.82, 2.24) is 14.7 Å². The van der Waals surface area contributed by atoms with Gasteiger partial charge in [-0.1, -0.05) is 0 Å². The molecule has 112 valence electrons. The first-order chi connectivity index (χ1) is 10.1. The molecule has 0 aromatic carbocycles. The van der Waals surface area contributed by atoms with E-state index in [1.54, 1.807) is 23.6 Å². The second kappa shape index (κ2) is 6.29. The summed E-state index contributed by atoms with van der Waals surface area (Å²) >= 11 is 5.11. The molecule has 1 aliphatic heterocycles. The van der Waals surface area contributed by atoms with Crippen LogP contribution in [-0.2, 0) is 6.54 Å². The fourth-order valence-corrected chi connectivity index (χ4v) is 3.81. The van der Waals surface area contributed by atoms with E-state index < -0.39 is 0 Å². The van der Waals surface area contributed by atoms with E-state index in [0.29, 0.717) is 6.54 Å². The van der Waals surface area contributed by atoms with Gasteiger partial charge in [0.2, 0.25) is 0 Å². The molecule has 7 heteroatoms. The Hall–Kier alpha value is -1.18. The molecule has 2 aromatic rings. The number of likely N-dealkylation sites (N-methyl/N-ethyl adjacent to an activating group) is 1. The van der Waals surface area contributed by atoms with Crippen molar-refractivity contribution >= 4 is 33.0 Å². The van der Waals surface area contributed by atoms with Crippen molar-refractivity contribution in [3.05, 3.63) is 43.4 Å². The van der Waals surface area contributed by atoms with Crippen LogP contribution in [0.25, 0.3) is 0 Å². The molecule has 21 heavy (non-hydrogen) atoms. The molecule has 1 aliphatic rings. The van der Waals surface area contributed by atoms with Crippen molar-refractivity contribution in [3.8, 4) is 0 Å². The van der Waals surface area contributed by atoms with E-state index in [4.69, 9.17) is 0 Å². The van der Waals surface area contributed by atoms with Crippen molar-refractivity contribution in [3.63, 3.8) is 0 Å². The summed E-state index contributed by atoms with van der Waals surface area (Å²) in [5.74, 6) is 0. The maximum absolute atomic E-state index is 12.2. The van der Waals surface area contributed by atoms with Crippen molar-refractivity contribution < 1.29 is 0 Å². The normalized spacial score (nSPS) is 16.4. The van der Waals surface area contributed by atoms with Crippen molar-refractivity contribution in [2.75, 3.05) is 38.1 Å². The minimum Gasteiger partial charge on any atom is -0.368 e. The molecule has 0 atom stereocenters. The highest BCUT2D eigenvalue weighted by Gasteiger charge is 2.15. The zero-order valence-corrected chi connectivity index (χ0v) is 14.2. The van der Waals surface area contributed by atoms with Gasteiger partial charge in [-0.05, 0) is 34.4 Å². The number of piperazine rings is 1. The molecule has 0 radical (unpaired) electrons. The molecule has 0 bridgehead atoms. The van der Waals surface area contributed by atoms with Gasteiger partial charge in [-0.3, -0.25) is 4.79 Å². The molecular formula is C14H17BrN4OS. The van der Waals surface area contributed by atoms with Gasteiger partial charge in [0.15, 0.2) is 0 Å². The summed E-state index contributed by atoms with van der Waals surface area (Å²) in [5, 5.41) is 6.33. The predicted octanol–water partition coefficient (Wildman–Crippen LogP) is 1.87. The van der Waals surface area contributed by atoms with E-state index >= 15 is 0 Å². The van der Waals surface area contributed by atoms with Crippen molar-refractivity contribution in [2.24, 2.45) is 0 Å². The Morgan fingerprint density at radius 3 is 2.71 bits per heavy atom. The van der Waals surface area contributed by atoms with Crippen molar-refractivity contribution in [2.45, 2.75) is 6.54 Å². The van der Waals surface area contributed by atoms with Crippen LogP contribution in [0.4, 0.5) is 5.69 Å². The van der Waals surface area contributed by atoms with E-state index in [-0.39, 0.29) is 5.56 Å². The highest BCUT2D eigenvalue weighted by Crippen LogP contribution is 2.23. The monoisotopic (exact) mass is 368 g/mol. The smallest absolute Gasteiger partial charge is 0.269 e. The number of nitrogens with zero attached hydrogens (tertiary/aromatic N) is 4. The fraction of sp³-hybridized carbons (Fsp3) is 0.429. The first kappa shape index (κ1) is 14.7. The zero-order valence-electron chi connectivity index (χ0n) is 11.8. The molecule has 1 fully saturated rings. The molecule has 0 amide bonds. The van der Waals surface area contributed by atoms with Crippen molar-refractivity contribution in [1.29, 1.82) is 0 Å². The third-order valence-corrected chi connectivity index (χ3v) is 5.62. The van der Waals surface area contributed by atoms with E-state index in [2.05, 4.69) is 37.9 Å². The summed E-state index contributed by atoms with van der Waals surface area (Å²) in [7, 11) is 2.12. The van der Waals surface area contributed by atoms with Crippen LogP contribution in [0.2, 0.25) is 0 Å². The average molecular weight is 369 g/mol. The summed E-state index contributed by atoms with van der Waals surface area (Å²) < 4.78 is 2.54. The second-order valence-electron chi connectivity index (χ2n) is 5.19. The standard InChI is InChI=1S/C14H17BrN4OS/c1-17-3-5-18(6-4-17)11-8-14(20)19(16-9-11)10-13-12(15)2-7-21-13/h2,7-9H,3-6,10H2,1H3. The van der Waals surface area contributed by atoms with E-state index in [1.165, 1.54) is 4.68 Å². The molecule has 3 rings (SSSR count). The second-order valence-corrected chi connectivity index (χ2v) is 7.05. The Balaban J connectivity index is 1.77. The third-order valence-electron chi connectivity index (χ3n) is 3.71. The van der Waals surface area contributed by atoms with Gasteiger partial charge in [0.25, 0.3) is 5.56 Å². The Bertz CT molecular complexity index is 676. The zero-order chi connectivity index (χ0) is 14.8. The molecule has 0 saturated carbocycles. The van der Waals surface area contributed by atoms with Gasteiger partial charge >= 0.3 is 0 Å². The molecule has 0 N–H and O–H groups in total. The number of hydrogen-bond donors (Lipinski definition) is 0. The Morgan fingerprint density at radius 1 is 1.33 bits per heavy atom. The summed E-state index contributed by atoms with van der Waals surface area (Å²) in [4.78, 5) is 17.9. The van der Waals surface area contributed by atoms with Crippen LogP contribution in [0.5, 0.6) is 0 Å².